The largest absolute Gasteiger partial charge is 0.497 e. The van der Waals surface area contributed by atoms with E-state index in [4.69, 9.17) is 10.5 Å². The SMILES string of the molecule is COc1ccc(C(=O)C2CCN(C(=O)CCN)CC2)cc1. The first-order valence-electron chi connectivity index (χ1n) is 7.32. The molecule has 5 nitrogen and oxygen atoms in total. The van der Waals surface area contributed by atoms with Crippen molar-refractivity contribution in [3.05, 3.63) is 29.8 Å². The van der Waals surface area contributed by atoms with Gasteiger partial charge in [0.15, 0.2) is 5.78 Å². The Labute approximate surface area is 125 Å². The van der Waals surface area contributed by atoms with Gasteiger partial charge in [-0.05, 0) is 37.1 Å². The number of likely N-dealkylation sites (tertiary alicyclic amines) is 1. The highest BCUT2D eigenvalue weighted by Gasteiger charge is 2.27. The molecule has 0 atom stereocenters. The molecular formula is C16H22N2O3. The van der Waals surface area contributed by atoms with E-state index in [1.807, 2.05) is 4.90 Å². The Kier molecular flexibility index (Phi) is 5.33. The van der Waals surface area contributed by atoms with Gasteiger partial charge in [-0.1, -0.05) is 0 Å². The molecule has 1 aromatic rings. The molecule has 114 valence electrons. The Balaban J connectivity index is 1.92. The number of hydrogen-bond donors (Lipinski definition) is 1. The van der Waals surface area contributed by atoms with Crippen molar-refractivity contribution < 1.29 is 14.3 Å². The van der Waals surface area contributed by atoms with E-state index in [2.05, 4.69) is 0 Å². The van der Waals surface area contributed by atoms with Gasteiger partial charge in [0.05, 0.1) is 7.11 Å². The fourth-order valence-electron chi connectivity index (χ4n) is 2.66. The first-order chi connectivity index (χ1) is 10.2. The Bertz CT molecular complexity index is 491. The summed E-state index contributed by atoms with van der Waals surface area (Å²) in [6, 6.07) is 7.19. The third-order valence-electron chi connectivity index (χ3n) is 3.95. The Hall–Kier alpha value is -1.88. The van der Waals surface area contributed by atoms with E-state index in [0.717, 1.165) is 18.6 Å². The lowest BCUT2D eigenvalue weighted by Gasteiger charge is -2.31. The number of carbonyl (C=O) groups is 2. The van der Waals surface area contributed by atoms with Crippen molar-refractivity contribution in [3.8, 4) is 5.75 Å². The molecule has 1 fully saturated rings. The fraction of sp³-hybridized carbons (Fsp3) is 0.500. The number of Topliss-reactive ketones (excluding diaryl/α,β-unsaturated/α-hetero) is 1. The first-order valence-corrected chi connectivity index (χ1v) is 7.32. The molecule has 0 radical (unpaired) electrons. The molecule has 1 aliphatic rings. The van der Waals surface area contributed by atoms with Crippen molar-refractivity contribution in [2.45, 2.75) is 19.3 Å². The number of amides is 1. The van der Waals surface area contributed by atoms with E-state index in [9.17, 15) is 9.59 Å². The smallest absolute Gasteiger partial charge is 0.223 e. The van der Waals surface area contributed by atoms with Gasteiger partial charge in [0.1, 0.15) is 5.75 Å². The zero-order valence-corrected chi connectivity index (χ0v) is 12.4. The van der Waals surface area contributed by atoms with Crippen LogP contribution in [0.15, 0.2) is 24.3 Å². The Morgan fingerprint density at radius 2 is 1.86 bits per heavy atom. The van der Waals surface area contributed by atoms with Crippen LogP contribution in [0.2, 0.25) is 0 Å². The molecule has 1 aromatic carbocycles. The number of ketones is 1. The molecular weight excluding hydrogens is 268 g/mol. The number of carbonyl (C=O) groups excluding carboxylic acids is 2. The summed E-state index contributed by atoms with van der Waals surface area (Å²) in [5.74, 6) is 0.991. The number of nitrogens with zero attached hydrogens (tertiary/aromatic N) is 1. The minimum absolute atomic E-state index is 0.000298. The third kappa shape index (κ3) is 3.82. The molecule has 1 saturated heterocycles. The molecule has 2 N–H and O–H groups in total. The Morgan fingerprint density at radius 3 is 2.38 bits per heavy atom. The molecule has 21 heavy (non-hydrogen) atoms. The highest BCUT2D eigenvalue weighted by atomic mass is 16.5. The van der Waals surface area contributed by atoms with Crippen molar-refractivity contribution in [1.82, 2.24) is 4.90 Å². The van der Waals surface area contributed by atoms with Gasteiger partial charge in [0.2, 0.25) is 5.91 Å². The zero-order valence-electron chi connectivity index (χ0n) is 12.4. The van der Waals surface area contributed by atoms with Gasteiger partial charge in [-0.25, -0.2) is 0 Å². The van der Waals surface area contributed by atoms with Crippen LogP contribution < -0.4 is 10.5 Å². The topological polar surface area (TPSA) is 72.6 Å². The number of nitrogens with two attached hydrogens (primary N) is 1. The second-order valence-electron chi connectivity index (χ2n) is 5.29. The quantitative estimate of drug-likeness (QED) is 0.833. The Morgan fingerprint density at radius 1 is 1.24 bits per heavy atom. The third-order valence-corrected chi connectivity index (χ3v) is 3.95. The lowest BCUT2D eigenvalue weighted by atomic mass is 9.89. The molecule has 1 aliphatic heterocycles. The van der Waals surface area contributed by atoms with Gasteiger partial charge in [0.25, 0.3) is 0 Å². The molecule has 1 amide bonds. The van der Waals surface area contributed by atoms with Crippen molar-refractivity contribution in [1.29, 1.82) is 0 Å². The normalized spacial score (nSPS) is 15.8. The van der Waals surface area contributed by atoms with E-state index >= 15 is 0 Å². The summed E-state index contributed by atoms with van der Waals surface area (Å²) in [6.07, 6.45) is 1.83. The van der Waals surface area contributed by atoms with Crippen molar-refractivity contribution in [2.24, 2.45) is 11.7 Å². The molecule has 0 aliphatic carbocycles. The van der Waals surface area contributed by atoms with Gasteiger partial charge in [-0.2, -0.15) is 0 Å². The predicted octanol–water partition coefficient (Wildman–Crippen LogP) is 1.47. The maximum Gasteiger partial charge on any atom is 0.223 e. The summed E-state index contributed by atoms with van der Waals surface area (Å²) in [7, 11) is 1.60. The van der Waals surface area contributed by atoms with Crippen LogP contribution in [0, 0.1) is 5.92 Å². The summed E-state index contributed by atoms with van der Waals surface area (Å²) in [4.78, 5) is 26.0. The summed E-state index contributed by atoms with van der Waals surface area (Å²) in [6.45, 7) is 1.67. The summed E-state index contributed by atoms with van der Waals surface area (Å²) in [5, 5.41) is 0. The van der Waals surface area contributed by atoms with Gasteiger partial charge < -0.3 is 15.4 Å². The second-order valence-corrected chi connectivity index (χ2v) is 5.29. The first kappa shape index (κ1) is 15.5. The number of rotatable bonds is 5. The van der Waals surface area contributed by atoms with E-state index in [1.54, 1.807) is 31.4 Å². The summed E-state index contributed by atoms with van der Waals surface area (Å²) >= 11 is 0. The molecule has 0 unspecified atom stereocenters. The average molecular weight is 290 g/mol. The number of hydrogen-bond acceptors (Lipinski definition) is 4. The number of benzene rings is 1. The highest BCUT2D eigenvalue weighted by molar-refractivity contribution is 5.98. The molecule has 0 spiro atoms. The molecule has 0 aromatic heterocycles. The average Bonchev–Trinajstić information content (AvgIpc) is 2.54. The van der Waals surface area contributed by atoms with Gasteiger partial charge in [0, 0.05) is 37.5 Å². The molecule has 0 saturated carbocycles. The molecule has 1 heterocycles. The predicted molar refractivity (Wildman–Crippen MR) is 80.3 cm³/mol. The van der Waals surface area contributed by atoms with Crippen LogP contribution in [0.1, 0.15) is 29.6 Å². The summed E-state index contributed by atoms with van der Waals surface area (Å²) in [5.41, 5.74) is 6.11. The van der Waals surface area contributed by atoms with Crippen molar-refractivity contribution in [3.63, 3.8) is 0 Å². The lowest BCUT2D eigenvalue weighted by molar-refractivity contribution is -0.132. The van der Waals surface area contributed by atoms with E-state index in [1.165, 1.54) is 0 Å². The maximum absolute atomic E-state index is 12.4. The van der Waals surface area contributed by atoms with Crippen molar-refractivity contribution >= 4 is 11.7 Å². The van der Waals surface area contributed by atoms with E-state index in [-0.39, 0.29) is 17.6 Å². The minimum atomic E-state index is 0.000298. The molecule has 2 rings (SSSR count). The number of piperidine rings is 1. The number of ether oxygens (including phenoxy) is 1. The molecule has 0 bridgehead atoms. The van der Waals surface area contributed by atoms with Gasteiger partial charge in [-0.15, -0.1) is 0 Å². The second kappa shape index (κ2) is 7.22. The van der Waals surface area contributed by atoms with Gasteiger partial charge in [-0.3, -0.25) is 9.59 Å². The van der Waals surface area contributed by atoms with Gasteiger partial charge >= 0.3 is 0 Å². The number of methoxy groups -OCH3 is 1. The van der Waals surface area contributed by atoms with Crippen LogP contribution in [0.25, 0.3) is 0 Å². The van der Waals surface area contributed by atoms with Crippen LogP contribution in [0.5, 0.6) is 5.75 Å². The minimum Gasteiger partial charge on any atom is -0.497 e. The van der Waals surface area contributed by atoms with Crippen LogP contribution >= 0.6 is 0 Å². The van der Waals surface area contributed by atoms with Crippen molar-refractivity contribution in [2.75, 3.05) is 26.7 Å². The van der Waals surface area contributed by atoms with Crippen LogP contribution in [0.4, 0.5) is 0 Å². The van der Waals surface area contributed by atoms with Crippen LogP contribution in [-0.2, 0) is 4.79 Å². The highest BCUT2D eigenvalue weighted by Crippen LogP contribution is 2.23. The zero-order chi connectivity index (χ0) is 15.2. The van der Waals surface area contributed by atoms with E-state index in [0.29, 0.717) is 31.6 Å². The standard InChI is InChI=1S/C16H22N2O3/c1-21-14-4-2-12(3-5-14)16(20)13-7-10-18(11-8-13)15(19)6-9-17/h2-5,13H,6-11,17H2,1H3. The maximum atomic E-state index is 12.4. The fourth-order valence-corrected chi connectivity index (χ4v) is 2.66. The van der Waals surface area contributed by atoms with Crippen LogP contribution in [-0.4, -0.2) is 43.3 Å². The monoisotopic (exact) mass is 290 g/mol. The summed E-state index contributed by atoms with van der Waals surface area (Å²) < 4.78 is 5.09. The van der Waals surface area contributed by atoms with E-state index < -0.39 is 0 Å². The molecule has 5 heteroatoms. The van der Waals surface area contributed by atoms with Crippen LogP contribution in [0.3, 0.4) is 0 Å². The lowest BCUT2D eigenvalue weighted by Crippen LogP contribution is -2.40.